The summed E-state index contributed by atoms with van der Waals surface area (Å²) in [5, 5.41) is 12.0. The molecule has 0 atom stereocenters. The molecule has 1 N–H and O–H groups in total. The topological polar surface area (TPSA) is 113 Å². The Morgan fingerprint density at radius 2 is 2.06 bits per heavy atom. The molecule has 5 rings (SSSR count). The van der Waals surface area contributed by atoms with E-state index in [2.05, 4.69) is 30.0 Å². The summed E-state index contributed by atoms with van der Waals surface area (Å²) in [5.41, 5.74) is 0.755. The molecule has 1 saturated carbocycles. The quantitative estimate of drug-likeness (QED) is 0.411. The number of thioether (sulfide) groups is 2. The lowest BCUT2D eigenvalue weighted by Gasteiger charge is -2.18. The summed E-state index contributed by atoms with van der Waals surface area (Å²) in [5.74, 6) is 0.597. The monoisotopic (exact) mass is 499 g/mol. The van der Waals surface area contributed by atoms with Crippen LogP contribution in [0.3, 0.4) is 0 Å². The summed E-state index contributed by atoms with van der Waals surface area (Å²) < 4.78 is 2.18. The van der Waals surface area contributed by atoms with E-state index in [1.54, 1.807) is 24.5 Å². The average molecular weight is 500 g/mol. The van der Waals surface area contributed by atoms with Gasteiger partial charge in [0, 0.05) is 44.6 Å². The first-order chi connectivity index (χ1) is 16.6. The van der Waals surface area contributed by atoms with E-state index in [-0.39, 0.29) is 35.9 Å². The average Bonchev–Trinajstić information content (AvgIpc) is 3.25. The van der Waals surface area contributed by atoms with E-state index in [1.807, 2.05) is 6.07 Å². The maximum atomic E-state index is 12.6. The van der Waals surface area contributed by atoms with Crippen molar-refractivity contribution >= 4 is 52.6 Å². The third-order valence-electron chi connectivity index (χ3n) is 5.79. The van der Waals surface area contributed by atoms with Gasteiger partial charge in [0.15, 0.2) is 5.16 Å². The summed E-state index contributed by atoms with van der Waals surface area (Å²) in [7, 11) is 0. The van der Waals surface area contributed by atoms with Gasteiger partial charge in [0.05, 0.1) is 10.7 Å². The molecule has 3 aliphatic rings. The lowest BCUT2D eigenvalue weighted by molar-refractivity contribution is -0.123. The second kappa shape index (κ2) is 10.2. The van der Waals surface area contributed by atoms with Crippen LogP contribution < -0.4 is 10.2 Å². The molecule has 2 aliphatic heterocycles. The van der Waals surface area contributed by atoms with Crippen molar-refractivity contribution in [3.05, 3.63) is 35.0 Å². The zero-order chi connectivity index (χ0) is 23.5. The molecule has 4 heterocycles. The van der Waals surface area contributed by atoms with Crippen LogP contribution in [0.5, 0.6) is 0 Å². The fourth-order valence-corrected chi connectivity index (χ4v) is 5.64. The van der Waals surface area contributed by atoms with Crippen LogP contribution in [-0.4, -0.2) is 73.6 Å². The lowest BCUT2D eigenvalue weighted by Crippen LogP contribution is -2.37. The van der Waals surface area contributed by atoms with Crippen LogP contribution >= 0.6 is 23.5 Å². The van der Waals surface area contributed by atoms with E-state index in [4.69, 9.17) is 0 Å². The van der Waals surface area contributed by atoms with Crippen molar-refractivity contribution in [2.45, 2.75) is 36.9 Å². The summed E-state index contributed by atoms with van der Waals surface area (Å²) in [6, 6.07) is 4.01. The van der Waals surface area contributed by atoms with Crippen LogP contribution in [0.15, 0.2) is 34.6 Å². The minimum absolute atomic E-state index is 0.128. The van der Waals surface area contributed by atoms with Crippen LogP contribution in [0.4, 0.5) is 10.7 Å². The molecule has 0 unspecified atom stereocenters. The number of pyridine rings is 1. The van der Waals surface area contributed by atoms with Gasteiger partial charge < -0.3 is 10.2 Å². The number of carbonyl (C=O) groups is 3. The van der Waals surface area contributed by atoms with Crippen molar-refractivity contribution in [1.29, 1.82) is 0 Å². The molecular formula is C22H25N7O3S2. The summed E-state index contributed by atoms with van der Waals surface area (Å²) >= 11 is 2.27. The Balaban J connectivity index is 1.11. The highest BCUT2D eigenvalue weighted by Gasteiger charge is 2.35. The van der Waals surface area contributed by atoms with E-state index in [0.717, 1.165) is 59.3 Å². The van der Waals surface area contributed by atoms with Gasteiger partial charge in [-0.25, -0.2) is 0 Å². The molecule has 0 aromatic carbocycles. The normalized spacial score (nSPS) is 19.5. The molecule has 0 spiro atoms. The molecule has 2 saturated heterocycles. The number of hydrogen-bond acceptors (Lipinski definition) is 9. The lowest BCUT2D eigenvalue weighted by atomic mass is 10.2. The van der Waals surface area contributed by atoms with Crippen LogP contribution in [0, 0.1) is 0 Å². The number of carbonyl (C=O) groups excluding carboxylic acids is 3. The van der Waals surface area contributed by atoms with Crippen molar-refractivity contribution in [2.24, 2.45) is 0 Å². The van der Waals surface area contributed by atoms with E-state index in [1.165, 1.54) is 24.6 Å². The Kier molecular flexibility index (Phi) is 6.86. The van der Waals surface area contributed by atoms with E-state index in [9.17, 15) is 14.4 Å². The summed E-state index contributed by atoms with van der Waals surface area (Å²) in [6.07, 6.45) is 9.50. The minimum atomic E-state index is -0.352. The summed E-state index contributed by atoms with van der Waals surface area (Å²) in [4.78, 5) is 45.1. The largest absolute Gasteiger partial charge is 0.354 e. The predicted molar refractivity (Wildman–Crippen MR) is 130 cm³/mol. The Bertz CT molecular complexity index is 1110. The Morgan fingerprint density at radius 3 is 2.79 bits per heavy atom. The molecular weight excluding hydrogens is 474 g/mol. The first-order valence-electron chi connectivity index (χ1n) is 11.3. The van der Waals surface area contributed by atoms with Crippen LogP contribution in [0.25, 0.3) is 6.08 Å². The number of nitrogens with zero attached hydrogens (tertiary/aromatic N) is 6. The van der Waals surface area contributed by atoms with Gasteiger partial charge >= 0.3 is 0 Å². The van der Waals surface area contributed by atoms with Gasteiger partial charge in [0.2, 0.25) is 11.9 Å². The maximum Gasteiger partial charge on any atom is 0.293 e. The first-order valence-corrected chi connectivity index (χ1v) is 13.1. The smallest absolute Gasteiger partial charge is 0.293 e. The second-order valence-corrected chi connectivity index (χ2v) is 10.3. The Labute approximate surface area is 205 Å². The predicted octanol–water partition coefficient (Wildman–Crippen LogP) is 2.55. The van der Waals surface area contributed by atoms with E-state index < -0.39 is 0 Å². The molecule has 10 nitrogen and oxygen atoms in total. The van der Waals surface area contributed by atoms with Crippen molar-refractivity contribution in [1.82, 2.24) is 30.0 Å². The highest BCUT2D eigenvalue weighted by atomic mass is 32.2. The molecule has 0 radical (unpaired) electrons. The number of imide groups is 1. The first kappa shape index (κ1) is 22.9. The molecule has 2 aromatic heterocycles. The van der Waals surface area contributed by atoms with Crippen molar-refractivity contribution in [2.75, 3.05) is 36.8 Å². The number of hydrogen-bond donors (Lipinski definition) is 1. The molecule has 2 aromatic rings. The molecule has 12 heteroatoms. The zero-order valence-corrected chi connectivity index (χ0v) is 20.2. The van der Waals surface area contributed by atoms with Gasteiger partial charge in [-0.1, -0.05) is 17.8 Å². The fraction of sp³-hybridized carbons (Fsp3) is 0.455. The van der Waals surface area contributed by atoms with Crippen LogP contribution in [0.1, 0.15) is 37.3 Å². The number of aromatic nitrogens is 4. The highest BCUT2D eigenvalue weighted by Crippen LogP contribution is 2.41. The van der Waals surface area contributed by atoms with Crippen LogP contribution in [-0.2, 0) is 9.59 Å². The standard InChI is InChI=1S/C22H25N7O3S2/c30-18(14-33-21-26-25-20(27-9-1-2-10-27)29(21)16-5-6-16)24-8-11-28-19(31)17(34-22(28)32)12-15-4-3-7-23-13-15/h3-4,7,12-13,16H,1-2,5-6,8-11,14H2,(H,24,30)/b17-12-. The van der Waals surface area contributed by atoms with Gasteiger partial charge in [-0.3, -0.25) is 28.8 Å². The van der Waals surface area contributed by atoms with Crippen molar-refractivity contribution < 1.29 is 14.4 Å². The molecule has 3 amide bonds. The number of nitrogens with one attached hydrogen (secondary N) is 1. The third kappa shape index (κ3) is 5.12. The van der Waals surface area contributed by atoms with Crippen LogP contribution in [0.2, 0.25) is 0 Å². The van der Waals surface area contributed by atoms with Crippen molar-refractivity contribution in [3.8, 4) is 0 Å². The molecule has 34 heavy (non-hydrogen) atoms. The second-order valence-electron chi connectivity index (χ2n) is 8.34. The number of amides is 3. The zero-order valence-electron chi connectivity index (χ0n) is 18.6. The van der Waals surface area contributed by atoms with Gasteiger partial charge in [-0.2, -0.15) is 0 Å². The molecule has 1 aliphatic carbocycles. The SMILES string of the molecule is O=C(CSc1nnc(N2CCCC2)n1C1CC1)NCCN1C(=O)S/C(=C\c2cccnc2)C1=O. The number of anilines is 1. The van der Waals surface area contributed by atoms with Gasteiger partial charge in [-0.15, -0.1) is 10.2 Å². The van der Waals surface area contributed by atoms with Gasteiger partial charge in [0.1, 0.15) is 0 Å². The Morgan fingerprint density at radius 1 is 1.24 bits per heavy atom. The summed E-state index contributed by atoms with van der Waals surface area (Å²) in [6.45, 7) is 2.33. The third-order valence-corrected chi connectivity index (χ3v) is 7.64. The van der Waals surface area contributed by atoms with Crippen molar-refractivity contribution in [3.63, 3.8) is 0 Å². The number of rotatable bonds is 9. The minimum Gasteiger partial charge on any atom is -0.354 e. The van der Waals surface area contributed by atoms with E-state index in [0.29, 0.717) is 10.9 Å². The van der Waals surface area contributed by atoms with E-state index >= 15 is 0 Å². The van der Waals surface area contributed by atoms with Gasteiger partial charge in [0.25, 0.3) is 11.1 Å². The molecule has 178 valence electrons. The molecule has 3 fully saturated rings. The van der Waals surface area contributed by atoms with Gasteiger partial charge in [-0.05, 0) is 55.2 Å². The molecule has 0 bridgehead atoms. The maximum absolute atomic E-state index is 12.6. The fourth-order valence-electron chi connectivity index (χ4n) is 3.95. The Hall–Kier alpha value is -2.86. The highest BCUT2D eigenvalue weighted by molar-refractivity contribution is 8.18.